The van der Waals surface area contributed by atoms with Gasteiger partial charge in [-0.15, -0.1) is 0 Å². The molecule has 0 bridgehead atoms. The summed E-state index contributed by atoms with van der Waals surface area (Å²) in [6.07, 6.45) is -6.44. The topological polar surface area (TPSA) is 168 Å². The predicted octanol–water partition coefficient (Wildman–Crippen LogP) is 0.368. The van der Waals surface area contributed by atoms with Gasteiger partial charge in [-0.25, -0.2) is 0 Å². The normalized spacial score (nSPS) is 29.0. The summed E-state index contributed by atoms with van der Waals surface area (Å²) in [6, 6.07) is 8.66. The van der Waals surface area contributed by atoms with Gasteiger partial charge in [-0.1, -0.05) is 12.1 Å². The van der Waals surface area contributed by atoms with Gasteiger partial charge in [0.15, 0.2) is 29.3 Å². The Hall–Kier alpha value is -2.64. The van der Waals surface area contributed by atoms with Gasteiger partial charge < -0.3 is 54.3 Å². The van der Waals surface area contributed by atoms with E-state index in [9.17, 15) is 30.6 Å². The van der Waals surface area contributed by atoms with Crippen molar-refractivity contribution in [2.45, 2.75) is 55.6 Å². The van der Waals surface area contributed by atoms with Crippen molar-refractivity contribution in [2.24, 2.45) is 0 Å². The summed E-state index contributed by atoms with van der Waals surface area (Å²) in [4.78, 5) is 0. The second kappa shape index (κ2) is 11.8. The van der Waals surface area contributed by atoms with E-state index in [4.69, 9.17) is 23.7 Å². The summed E-state index contributed by atoms with van der Waals surface area (Å²) in [5.74, 6) is 0.812. The van der Waals surface area contributed by atoms with Crippen LogP contribution in [0.25, 0.3) is 0 Å². The molecule has 0 radical (unpaired) electrons. The number of methoxy groups -OCH3 is 2. The second-order valence-corrected chi connectivity index (χ2v) is 9.15. The maximum absolute atomic E-state index is 10.4. The van der Waals surface area contributed by atoms with Crippen molar-refractivity contribution in [1.29, 1.82) is 0 Å². The van der Waals surface area contributed by atoms with E-state index < -0.39 is 49.3 Å². The zero-order chi connectivity index (χ0) is 26.7. The van der Waals surface area contributed by atoms with Gasteiger partial charge in [-0.2, -0.15) is 0 Å². The third-order valence-corrected chi connectivity index (χ3v) is 6.82. The summed E-state index contributed by atoms with van der Waals surface area (Å²) >= 11 is 0. The number of aryl methyl sites for hydroxylation is 1. The molecule has 2 aromatic carbocycles. The number of rotatable bonds is 10. The van der Waals surface area contributed by atoms with Crippen molar-refractivity contribution in [2.75, 3.05) is 34.0 Å². The minimum atomic E-state index is -1.56. The van der Waals surface area contributed by atoms with E-state index in [0.29, 0.717) is 29.9 Å². The first-order chi connectivity index (χ1) is 17.8. The monoisotopic (exact) mass is 522 g/mol. The van der Waals surface area contributed by atoms with Crippen LogP contribution in [0.5, 0.6) is 23.0 Å². The maximum Gasteiger partial charge on any atom is 0.186 e. The lowest BCUT2D eigenvalue weighted by atomic mass is 9.90. The van der Waals surface area contributed by atoms with Crippen LogP contribution in [0.4, 0.5) is 0 Å². The molecule has 0 saturated carbocycles. The molecular weight excluding hydrogens is 488 g/mol. The number of hydrogen-bond donors (Lipinski definition) is 6. The lowest BCUT2D eigenvalue weighted by molar-refractivity contribution is -0.302. The first-order valence-electron chi connectivity index (χ1n) is 12.1. The zero-order valence-electron chi connectivity index (χ0n) is 20.7. The largest absolute Gasteiger partial charge is 0.504 e. The van der Waals surface area contributed by atoms with E-state index in [-0.39, 0.29) is 24.7 Å². The van der Waals surface area contributed by atoms with Crippen LogP contribution in [0.2, 0.25) is 0 Å². The molecule has 2 heterocycles. The van der Waals surface area contributed by atoms with Crippen molar-refractivity contribution < 1.29 is 54.3 Å². The summed E-state index contributed by atoms with van der Waals surface area (Å²) in [5.41, 5.74) is 2.39. The quantitative estimate of drug-likeness (QED) is 0.255. The van der Waals surface area contributed by atoms with E-state index >= 15 is 0 Å². The Kier molecular flexibility index (Phi) is 8.75. The molecule has 1 saturated heterocycles. The van der Waals surface area contributed by atoms with Gasteiger partial charge in [0.2, 0.25) is 0 Å². The molecule has 11 nitrogen and oxygen atoms in total. The maximum atomic E-state index is 10.4. The Morgan fingerprint density at radius 1 is 0.919 bits per heavy atom. The van der Waals surface area contributed by atoms with Crippen molar-refractivity contribution >= 4 is 0 Å². The number of aliphatic hydroxyl groups is 5. The molecule has 0 amide bonds. The fourth-order valence-corrected chi connectivity index (χ4v) is 4.79. The zero-order valence-corrected chi connectivity index (χ0v) is 20.7. The molecule has 0 unspecified atom stereocenters. The summed E-state index contributed by atoms with van der Waals surface area (Å²) in [7, 11) is 2.98. The van der Waals surface area contributed by atoms with E-state index in [1.807, 2.05) is 12.1 Å². The number of phenolic OH excluding ortho intramolecular Hbond substituents is 1. The number of aliphatic hydroxyl groups excluding tert-OH is 5. The molecular formula is C26H34O11. The molecule has 2 aliphatic heterocycles. The molecule has 0 aromatic heterocycles. The number of phenols is 1. The molecule has 204 valence electrons. The van der Waals surface area contributed by atoms with Crippen LogP contribution in [0, 0.1) is 0 Å². The van der Waals surface area contributed by atoms with Crippen LogP contribution >= 0.6 is 0 Å². The van der Waals surface area contributed by atoms with Gasteiger partial charge >= 0.3 is 0 Å². The van der Waals surface area contributed by atoms with Crippen LogP contribution in [-0.2, 0) is 15.9 Å². The van der Waals surface area contributed by atoms with Crippen molar-refractivity contribution in [3.63, 3.8) is 0 Å². The van der Waals surface area contributed by atoms with Gasteiger partial charge in [-0.05, 0) is 42.2 Å². The van der Waals surface area contributed by atoms with Crippen LogP contribution in [0.1, 0.15) is 35.1 Å². The highest BCUT2D eigenvalue weighted by molar-refractivity contribution is 5.56. The fourth-order valence-electron chi connectivity index (χ4n) is 4.79. The lowest BCUT2D eigenvalue weighted by Crippen LogP contribution is -2.59. The molecule has 37 heavy (non-hydrogen) atoms. The number of hydrogen-bond acceptors (Lipinski definition) is 11. The number of aromatic hydroxyl groups is 1. The third kappa shape index (κ3) is 5.48. The van der Waals surface area contributed by atoms with Crippen molar-refractivity contribution in [3.05, 3.63) is 47.0 Å². The lowest BCUT2D eigenvalue weighted by Gasteiger charge is -2.40. The van der Waals surface area contributed by atoms with Gasteiger partial charge in [0, 0.05) is 12.2 Å². The Labute approximate surface area is 214 Å². The number of benzene rings is 2. The first-order valence-corrected chi connectivity index (χ1v) is 12.1. The SMILES string of the molecule is COc1cc([C@@H]2Oc3c(OC)cc(CCCO)cc3[C@@H]2CO[C@H]2O[C@H](CO)[C@@H](O)[C@H](O)[C@H]2O)ccc1O. The van der Waals surface area contributed by atoms with Crippen LogP contribution in [0.3, 0.4) is 0 Å². The standard InChI is InChI=1S/C26H34O11/c1-33-18-10-14(5-6-17(18)29)24-16(12-35-26-23(32)22(31)21(30)20(11-28)36-26)15-8-13(4-3-7-27)9-19(34-2)25(15)37-24/h5-6,8-10,16,20-24,26-32H,3-4,7,11-12H2,1-2H3/t16-,20+,21+,22-,23+,24-,26-/m0/s1. The Balaban J connectivity index is 1.68. The molecule has 2 aromatic rings. The summed E-state index contributed by atoms with van der Waals surface area (Å²) < 4.78 is 28.6. The van der Waals surface area contributed by atoms with Crippen molar-refractivity contribution in [3.8, 4) is 23.0 Å². The molecule has 2 aliphatic rings. The van der Waals surface area contributed by atoms with Crippen LogP contribution in [-0.4, -0.2) is 95.4 Å². The van der Waals surface area contributed by atoms with Crippen molar-refractivity contribution in [1.82, 2.24) is 0 Å². The van der Waals surface area contributed by atoms with E-state index in [1.54, 1.807) is 12.1 Å². The Morgan fingerprint density at radius 2 is 1.68 bits per heavy atom. The highest BCUT2D eigenvalue weighted by atomic mass is 16.7. The van der Waals surface area contributed by atoms with Crippen LogP contribution in [0.15, 0.2) is 30.3 Å². The van der Waals surface area contributed by atoms with E-state index in [1.165, 1.54) is 20.3 Å². The summed E-state index contributed by atoms with van der Waals surface area (Å²) in [6.45, 7) is -0.562. The smallest absolute Gasteiger partial charge is 0.186 e. The molecule has 7 atom stereocenters. The average Bonchev–Trinajstić information content (AvgIpc) is 3.28. The minimum Gasteiger partial charge on any atom is -0.504 e. The third-order valence-electron chi connectivity index (χ3n) is 6.82. The Bertz CT molecular complexity index is 1060. The fraction of sp³-hybridized carbons (Fsp3) is 0.538. The molecule has 0 aliphatic carbocycles. The van der Waals surface area contributed by atoms with Gasteiger partial charge in [0.1, 0.15) is 30.5 Å². The molecule has 11 heteroatoms. The second-order valence-electron chi connectivity index (χ2n) is 9.15. The Morgan fingerprint density at radius 3 is 2.35 bits per heavy atom. The highest BCUT2D eigenvalue weighted by Gasteiger charge is 2.45. The van der Waals surface area contributed by atoms with Gasteiger partial charge in [0.05, 0.1) is 33.4 Å². The summed E-state index contributed by atoms with van der Waals surface area (Å²) in [5, 5.41) is 59.5. The molecule has 0 spiro atoms. The first kappa shape index (κ1) is 27.4. The minimum absolute atomic E-state index is 0.0280. The van der Waals surface area contributed by atoms with Crippen LogP contribution < -0.4 is 14.2 Å². The molecule has 1 fully saturated rings. The number of fused-ring (bicyclic) bond motifs is 1. The van der Waals surface area contributed by atoms with E-state index in [0.717, 1.165) is 11.1 Å². The van der Waals surface area contributed by atoms with E-state index in [2.05, 4.69) is 0 Å². The number of ether oxygens (including phenoxy) is 5. The van der Waals surface area contributed by atoms with Gasteiger partial charge in [-0.3, -0.25) is 0 Å². The average molecular weight is 523 g/mol. The predicted molar refractivity (Wildman–Crippen MR) is 129 cm³/mol. The molecule has 6 N–H and O–H groups in total. The van der Waals surface area contributed by atoms with Gasteiger partial charge in [0.25, 0.3) is 0 Å². The molecule has 4 rings (SSSR count). The highest BCUT2D eigenvalue weighted by Crippen LogP contribution is 2.52.